The molecule has 2 rings (SSSR count). The van der Waals surface area contributed by atoms with E-state index in [9.17, 15) is 9.50 Å². The predicted octanol–water partition coefficient (Wildman–Crippen LogP) is 3.63. The van der Waals surface area contributed by atoms with Crippen LogP contribution < -0.4 is 5.32 Å². The first-order valence-corrected chi connectivity index (χ1v) is 7.45. The van der Waals surface area contributed by atoms with Gasteiger partial charge in [-0.2, -0.15) is 0 Å². The first-order chi connectivity index (χ1) is 9.51. The van der Waals surface area contributed by atoms with Gasteiger partial charge in [0.15, 0.2) is 0 Å². The third kappa shape index (κ3) is 3.55. The number of aromatic nitrogens is 1. The van der Waals surface area contributed by atoms with E-state index in [-0.39, 0.29) is 23.7 Å². The zero-order chi connectivity index (χ0) is 14.7. The Bertz CT molecular complexity index is 590. The van der Waals surface area contributed by atoms with Gasteiger partial charge in [0.05, 0.1) is 22.7 Å². The lowest BCUT2D eigenvalue weighted by Crippen LogP contribution is -2.27. The molecule has 1 aromatic carbocycles. The van der Waals surface area contributed by atoms with Gasteiger partial charge >= 0.3 is 0 Å². The molecule has 0 amide bonds. The van der Waals surface area contributed by atoms with Crippen molar-refractivity contribution in [3.8, 4) is 0 Å². The fraction of sp³-hybridized carbons (Fsp3) is 0.357. The van der Waals surface area contributed by atoms with Crippen molar-refractivity contribution in [2.45, 2.75) is 25.9 Å². The highest BCUT2D eigenvalue weighted by Crippen LogP contribution is 2.25. The van der Waals surface area contributed by atoms with E-state index in [0.717, 1.165) is 9.88 Å². The highest BCUT2D eigenvalue weighted by molar-refractivity contribution is 7.11. The summed E-state index contributed by atoms with van der Waals surface area (Å²) in [6, 6.07) is 4.24. The lowest BCUT2D eigenvalue weighted by molar-refractivity contribution is 0.235. The standard InChI is InChI=1S/C14H16ClFN2OS/c1-8(14-6-17-9(2)20-14)18-13(7-19)10-3-4-11(15)12(16)5-10/h3-6,8,13,18-19H,7H2,1-2H3. The number of rotatable bonds is 5. The van der Waals surface area contributed by atoms with Gasteiger partial charge in [0.2, 0.25) is 0 Å². The number of halogens is 2. The van der Waals surface area contributed by atoms with Gasteiger partial charge in [0, 0.05) is 17.1 Å². The van der Waals surface area contributed by atoms with Crippen LogP contribution in [0.3, 0.4) is 0 Å². The lowest BCUT2D eigenvalue weighted by Gasteiger charge is -2.21. The van der Waals surface area contributed by atoms with Crippen molar-refractivity contribution in [1.29, 1.82) is 0 Å². The highest BCUT2D eigenvalue weighted by Gasteiger charge is 2.17. The number of aliphatic hydroxyl groups is 1. The summed E-state index contributed by atoms with van der Waals surface area (Å²) in [5.74, 6) is -0.481. The fourth-order valence-corrected chi connectivity index (χ4v) is 2.86. The summed E-state index contributed by atoms with van der Waals surface area (Å²) >= 11 is 7.27. The molecule has 2 N–H and O–H groups in total. The van der Waals surface area contributed by atoms with Gasteiger partial charge in [-0.05, 0) is 31.5 Å². The van der Waals surface area contributed by atoms with E-state index in [1.54, 1.807) is 17.4 Å². The molecular formula is C14H16ClFN2OS. The summed E-state index contributed by atoms with van der Waals surface area (Å²) in [7, 11) is 0. The minimum absolute atomic E-state index is 0.0251. The zero-order valence-corrected chi connectivity index (χ0v) is 12.8. The molecule has 0 aliphatic rings. The van der Waals surface area contributed by atoms with Crippen molar-refractivity contribution < 1.29 is 9.50 Å². The summed E-state index contributed by atoms with van der Waals surface area (Å²) in [6.07, 6.45) is 1.81. The Labute approximate surface area is 126 Å². The molecule has 0 aliphatic heterocycles. The van der Waals surface area contributed by atoms with Crippen LogP contribution in [0.2, 0.25) is 5.02 Å². The smallest absolute Gasteiger partial charge is 0.142 e. The van der Waals surface area contributed by atoms with E-state index in [0.29, 0.717) is 5.56 Å². The number of benzene rings is 1. The van der Waals surface area contributed by atoms with Crippen LogP contribution in [0, 0.1) is 12.7 Å². The Balaban J connectivity index is 2.14. The molecular weight excluding hydrogens is 299 g/mol. The van der Waals surface area contributed by atoms with Crippen LogP contribution in [-0.2, 0) is 0 Å². The normalized spacial score (nSPS) is 14.2. The minimum Gasteiger partial charge on any atom is -0.394 e. The summed E-state index contributed by atoms with van der Waals surface area (Å²) < 4.78 is 13.5. The van der Waals surface area contributed by atoms with Crippen LogP contribution >= 0.6 is 22.9 Å². The van der Waals surface area contributed by atoms with Crippen LogP contribution in [0.15, 0.2) is 24.4 Å². The van der Waals surface area contributed by atoms with Gasteiger partial charge < -0.3 is 10.4 Å². The Hall–Kier alpha value is -1.01. The molecule has 0 radical (unpaired) electrons. The van der Waals surface area contributed by atoms with E-state index in [4.69, 9.17) is 11.6 Å². The quantitative estimate of drug-likeness (QED) is 0.886. The Morgan fingerprint density at radius 1 is 1.50 bits per heavy atom. The van der Waals surface area contributed by atoms with Crippen molar-refractivity contribution in [3.05, 3.63) is 50.7 Å². The van der Waals surface area contributed by atoms with Crippen molar-refractivity contribution >= 4 is 22.9 Å². The minimum atomic E-state index is -0.481. The molecule has 0 aliphatic carbocycles. The molecule has 1 aromatic heterocycles. The topological polar surface area (TPSA) is 45.2 Å². The second-order valence-corrected chi connectivity index (χ2v) is 6.25. The van der Waals surface area contributed by atoms with Gasteiger partial charge in [-0.25, -0.2) is 9.37 Å². The lowest BCUT2D eigenvalue weighted by atomic mass is 10.1. The molecule has 2 atom stereocenters. The molecule has 6 heteroatoms. The van der Waals surface area contributed by atoms with Gasteiger partial charge in [0.1, 0.15) is 5.82 Å². The third-order valence-electron chi connectivity index (χ3n) is 3.05. The molecule has 0 bridgehead atoms. The number of thiazole rings is 1. The van der Waals surface area contributed by atoms with Crippen LogP contribution in [-0.4, -0.2) is 16.7 Å². The molecule has 2 aromatic rings. The zero-order valence-electron chi connectivity index (χ0n) is 11.2. The monoisotopic (exact) mass is 314 g/mol. The number of nitrogens with one attached hydrogen (secondary N) is 1. The average molecular weight is 315 g/mol. The maximum atomic E-state index is 13.5. The van der Waals surface area contributed by atoms with Crippen LogP contribution in [0.1, 0.15) is 34.5 Å². The second kappa shape index (κ2) is 6.63. The van der Waals surface area contributed by atoms with Gasteiger partial charge in [-0.1, -0.05) is 17.7 Å². The number of hydrogen-bond donors (Lipinski definition) is 2. The molecule has 0 saturated carbocycles. The predicted molar refractivity (Wildman–Crippen MR) is 79.6 cm³/mol. The van der Waals surface area contributed by atoms with Crippen LogP contribution in [0.5, 0.6) is 0 Å². The van der Waals surface area contributed by atoms with Crippen LogP contribution in [0.4, 0.5) is 4.39 Å². The number of aliphatic hydroxyl groups excluding tert-OH is 1. The number of hydrogen-bond acceptors (Lipinski definition) is 4. The summed E-state index contributed by atoms with van der Waals surface area (Å²) in [5, 5.41) is 13.9. The largest absolute Gasteiger partial charge is 0.394 e. The summed E-state index contributed by atoms with van der Waals surface area (Å²) in [6.45, 7) is 3.81. The number of nitrogens with zero attached hydrogens (tertiary/aromatic N) is 1. The maximum absolute atomic E-state index is 13.5. The molecule has 1 heterocycles. The van der Waals surface area contributed by atoms with Crippen molar-refractivity contribution in [1.82, 2.24) is 10.3 Å². The maximum Gasteiger partial charge on any atom is 0.142 e. The van der Waals surface area contributed by atoms with Crippen molar-refractivity contribution in [3.63, 3.8) is 0 Å². The van der Waals surface area contributed by atoms with Gasteiger partial charge in [-0.15, -0.1) is 11.3 Å². The molecule has 0 spiro atoms. The van der Waals surface area contributed by atoms with Crippen molar-refractivity contribution in [2.75, 3.05) is 6.61 Å². The van der Waals surface area contributed by atoms with Gasteiger partial charge in [0.25, 0.3) is 0 Å². The van der Waals surface area contributed by atoms with E-state index in [2.05, 4.69) is 10.3 Å². The molecule has 20 heavy (non-hydrogen) atoms. The van der Waals surface area contributed by atoms with E-state index in [1.807, 2.05) is 20.0 Å². The second-order valence-electron chi connectivity index (χ2n) is 4.58. The number of aryl methyl sites for hydroxylation is 1. The fourth-order valence-electron chi connectivity index (χ4n) is 1.95. The summed E-state index contributed by atoms with van der Waals surface area (Å²) in [5.41, 5.74) is 0.669. The van der Waals surface area contributed by atoms with E-state index in [1.165, 1.54) is 12.1 Å². The molecule has 0 saturated heterocycles. The molecule has 0 fully saturated rings. The first kappa shape index (κ1) is 15.4. The van der Waals surface area contributed by atoms with Gasteiger partial charge in [-0.3, -0.25) is 0 Å². The first-order valence-electron chi connectivity index (χ1n) is 6.25. The third-order valence-corrected chi connectivity index (χ3v) is 4.45. The molecule has 3 nitrogen and oxygen atoms in total. The van der Waals surface area contributed by atoms with E-state index < -0.39 is 5.82 Å². The Kier molecular flexibility index (Phi) is 5.10. The SMILES string of the molecule is Cc1ncc(C(C)NC(CO)c2ccc(Cl)c(F)c2)s1. The Morgan fingerprint density at radius 2 is 2.25 bits per heavy atom. The summed E-state index contributed by atoms with van der Waals surface area (Å²) in [4.78, 5) is 5.29. The molecule has 2 unspecified atom stereocenters. The van der Waals surface area contributed by atoms with Crippen LogP contribution in [0.25, 0.3) is 0 Å². The molecule has 108 valence electrons. The van der Waals surface area contributed by atoms with Crippen molar-refractivity contribution in [2.24, 2.45) is 0 Å². The average Bonchev–Trinajstić information content (AvgIpc) is 2.86. The Morgan fingerprint density at radius 3 is 2.80 bits per heavy atom. The van der Waals surface area contributed by atoms with E-state index >= 15 is 0 Å². The highest BCUT2D eigenvalue weighted by atomic mass is 35.5.